The van der Waals surface area contributed by atoms with Crippen LogP contribution in [0.4, 0.5) is 11.4 Å². The van der Waals surface area contributed by atoms with Crippen LogP contribution in [0.15, 0.2) is 18.2 Å². The highest BCUT2D eigenvalue weighted by Gasteiger charge is 2.10. The zero-order valence-corrected chi connectivity index (χ0v) is 11.0. The van der Waals surface area contributed by atoms with Gasteiger partial charge in [0.15, 0.2) is 0 Å². The van der Waals surface area contributed by atoms with Crippen LogP contribution in [-0.2, 0) is 0 Å². The molecule has 0 aliphatic carbocycles. The summed E-state index contributed by atoms with van der Waals surface area (Å²) in [6.07, 6.45) is 2.32. The van der Waals surface area contributed by atoms with Crippen LogP contribution in [0, 0.1) is 5.92 Å². The van der Waals surface area contributed by atoms with Crippen LogP contribution in [-0.4, -0.2) is 6.04 Å². The van der Waals surface area contributed by atoms with Crippen LogP contribution in [0.3, 0.4) is 0 Å². The van der Waals surface area contributed by atoms with Gasteiger partial charge in [0.1, 0.15) is 0 Å². The maximum absolute atomic E-state index is 6.10. The van der Waals surface area contributed by atoms with Gasteiger partial charge in [0.2, 0.25) is 0 Å². The van der Waals surface area contributed by atoms with Gasteiger partial charge in [-0.05, 0) is 31.4 Å². The molecule has 0 aromatic heterocycles. The van der Waals surface area contributed by atoms with Gasteiger partial charge in [0, 0.05) is 6.04 Å². The fourth-order valence-corrected chi connectivity index (χ4v) is 2.01. The smallest absolute Gasteiger partial charge is 0.0765 e. The average molecular weight is 241 g/mol. The van der Waals surface area contributed by atoms with Crippen molar-refractivity contribution in [1.82, 2.24) is 0 Å². The zero-order valence-electron chi connectivity index (χ0n) is 10.3. The topological polar surface area (TPSA) is 38.0 Å². The largest absolute Gasteiger partial charge is 0.397 e. The highest BCUT2D eigenvalue weighted by Crippen LogP contribution is 2.29. The lowest BCUT2D eigenvalue weighted by atomic mass is 10.00. The molecule has 0 saturated heterocycles. The molecule has 0 spiro atoms. The summed E-state index contributed by atoms with van der Waals surface area (Å²) < 4.78 is 0. The highest BCUT2D eigenvalue weighted by atomic mass is 35.5. The number of nitrogens with one attached hydrogen (secondary N) is 1. The molecule has 1 aromatic carbocycles. The van der Waals surface area contributed by atoms with Gasteiger partial charge in [-0.2, -0.15) is 0 Å². The lowest BCUT2D eigenvalue weighted by Crippen LogP contribution is -2.19. The molecule has 1 rings (SSSR count). The number of anilines is 2. The van der Waals surface area contributed by atoms with Crippen molar-refractivity contribution in [2.24, 2.45) is 5.92 Å². The summed E-state index contributed by atoms with van der Waals surface area (Å²) in [5.74, 6) is 0.714. The minimum absolute atomic E-state index is 0.386. The molecule has 2 atom stereocenters. The first kappa shape index (κ1) is 13.2. The third-order valence-electron chi connectivity index (χ3n) is 2.89. The van der Waals surface area contributed by atoms with Crippen LogP contribution in [0.2, 0.25) is 5.02 Å². The Kier molecular flexibility index (Phi) is 4.94. The van der Waals surface area contributed by atoms with E-state index in [0.717, 1.165) is 12.1 Å². The van der Waals surface area contributed by atoms with Gasteiger partial charge in [-0.25, -0.2) is 0 Å². The molecule has 0 saturated carbocycles. The Morgan fingerprint density at radius 2 is 2.06 bits per heavy atom. The predicted octanol–water partition coefficient (Wildman–Crippen LogP) is 4.16. The van der Waals surface area contributed by atoms with Gasteiger partial charge in [-0.15, -0.1) is 0 Å². The third-order valence-corrected chi connectivity index (χ3v) is 3.20. The van der Waals surface area contributed by atoms with E-state index in [2.05, 4.69) is 26.1 Å². The molecule has 16 heavy (non-hydrogen) atoms. The van der Waals surface area contributed by atoms with Gasteiger partial charge >= 0.3 is 0 Å². The number of hydrogen-bond donors (Lipinski definition) is 2. The van der Waals surface area contributed by atoms with E-state index >= 15 is 0 Å². The first-order chi connectivity index (χ1) is 7.54. The number of nitrogen functional groups attached to an aromatic ring is 1. The molecule has 0 heterocycles. The molecule has 2 unspecified atom stereocenters. The van der Waals surface area contributed by atoms with Gasteiger partial charge in [-0.1, -0.05) is 37.9 Å². The predicted molar refractivity (Wildman–Crippen MR) is 73.0 cm³/mol. The lowest BCUT2D eigenvalue weighted by molar-refractivity contribution is 0.484. The van der Waals surface area contributed by atoms with Crippen LogP contribution < -0.4 is 11.1 Å². The van der Waals surface area contributed by atoms with E-state index in [-0.39, 0.29) is 0 Å². The van der Waals surface area contributed by atoms with Crippen molar-refractivity contribution < 1.29 is 0 Å². The second-order valence-electron chi connectivity index (χ2n) is 4.50. The summed E-state index contributed by atoms with van der Waals surface area (Å²) >= 11 is 6.10. The second-order valence-corrected chi connectivity index (χ2v) is 4.91. The van der Waals surface area contributed by atoms with Crippen LogP contribution in [0.5, 0.6) is 0 Å². The minimum atomic E-state index is 0.386. The summed E-state index contributed by atoms with van der Waals surface area (Å²) in [7, 11) is 0. The Labute approximate surface area is 103 Å². The fraction of sp³-hybridized carbons (Fsp3) is 0.538. The molecule has 2 nitrogen and oxygen atoms in total. The number of nitrogens with two attached hydrogens (primary N) is 1. The van der Waals surface area contributed by atoms with Crippen molar-refractivity contribution in [2.75, 3.05) is 11.1 Å². The second kappa shape index (κ2) is 6.00. The van der Waals surface area contributed by atoms with Gasteiger partial charge in [-0.3, -0.25) is 0 Å². The van der Waals surface area contributed by atoms with Crippen LogP contribution >= 0.6 is 11.6 Å². The molecule has 1 aromatic rings. The van der Waals surface area contributed by atoms with Crippen LogP contribution in [0.25, 0.3) is 0 Å². The number of rotatable bonds is 5. The molecule has 0 bridgehead atoms. The van der Waals surface area contributed by atoms with Crippen LogP contribution in [0.1, 0.15) is 33.6 Å². The van der Waals surface area contributed by atoms with Gasteiger partial charge in [0.05, 0.1) is 16.4 Å². The summed E-state index contributed by atoms with van der Waals surface area (Å²) in [6.45, 7) is 6.63. The van der Waals surface area contributed by atoms with E-state index in [1.807, 2.05) is 18.2 Å². The van der Waals surface area contributed by atoms with E-state index < -0.39 is 0 Å². The van der Waals surface area contributed by atoms with Crippen molar-refractivity contribution in [1.29, 1.82) is 0 Å². The zero-order chi connectivity index (χ0) is 12.1. The first-order valence-electron chi connectivity index (χ1n) is 5.85. The molecule has 0 aliphatic heterocycles. The average Bonchev–Trinajstić information content (AvgIpc) is 2.23. The summed E-state index contributed by atoms with van der Waals surface area (Å²) in [6, 6.07) is 5.97. The van der Waals surface area contributed by atoms with Gasteiger partial charge < -0.3 is 11.1 Å². The van der Waals surface area contributed by atoms with Crippen molar-refractivity contribution >= 4 is 23.0 Å². The SMILES string of the molecule is CCC(C)CC(C)Nc1c(N)cccc1Cl. The Morgan fingerprint density at radius 3 is 2.62 bits per heavy atom. The molecule has 0 amide bonds. The fourth-order valence-electron chi connectivity index (χ4n) is 1.77. The maximum atomic E-state index is 6.10. The Morgan fingerprint density at radius 1 is 1.38 bits per heavy atom. The molecule has 0 aliphatic rings. The maximum Gasteiger partial charge on any atom is 0.0765 e. The van der Waals surface area contributed by atoms with Crippen molar-refractivity contribution in [3.05, 3.63) is 23.2 Å². The number of hydrogen-bond acceptors (Lipinski definition) is 2. The molecule has 90 valence electrons. The minimum Gasteiger partial charge on any atom is -0.397 e. The molecule has 3 N–H and O–H groups in total. The summed E-state index contributed by atoms with van der Waals surface area (Å²) in [4.78, 5) is 0. The van der Waals surface area contributed by atoms with E-state index in [4.69, 9.17) is 17.3 Å². The third kappa shape index (κ3) is 3.60. The van der Waals surface area contributed by atoms with E-state index in [0.29, 0.717) is 22.7 Å². The number of halogens is 1. The molecule has 3 heteroatoms. The number of benzene rings is 1. The monoisotopic (exact) mass is 240 g/mol. The Hall–Kier alpha value is -0.890. The van der Waals surface area contributed by atoms with E-state index in [9.17, 15) is 0 Å². The van der Waals surface area contributed by atoms with E-state index in [1.54, 1.807) is 0 Å². The van der Waals surface area contributed by atoms with Gasteiger partial charge in [0.25, 0.3) is 0 Å². The van der Waals surface area contributed by atoms with E-state index in [1.165, 1.54) is 6.42 Å². The molecular formula is C13H21ClN2. The van der Waals surface area contributed by atoms with Crippen molar-refractivity contribution in [2.45, 2.75) is 39.7 Å². The highest BCUT2D eigenvalue weighted by molar-refractivity contribution is 6.33. The lowest BCUT2D eigenvalue weighted by Gasteiger charge is -2.20. The quantitative estimate of drug-likeness (QED) is 0.759. The summed E-state index contributed by atoms with van der Waals surface area (Å²) in [5, 5.41) is 4.08. The normalized spacial score (nSPS) is 14.5. The van der Waals surface area contributed by atoms with Crippen molar-refractivity contribution in [3.8, 4) is 0 Å². The molecule has 0 fully saturated rings. The Bertz CT molecular complexity index is 318. The standard InChI is InChI=1S/C13H21ClN2/c1-4-9(2)8-10(3)16-13-11(14)6-5-7-12(13)15/h5-7,9-10,16H,4,8,15H2,1-3H3. The van der Waals surface area contributed by atoms with Crippen molar-refractivity contribution in [3.63, 3.8) is 0 Å². The Balaban J connectivity index is 2.66. The molecular weight excluding hydrogens is 220 g/mol. The first-order valence-corrected chi connectivity index (χ1v) is 6.22. The molecule has 0 radical (unpaired) electrons. The summed E-state index contributed by atoms with van der Waals surface area (Å²) in [5.41, 5.74) is 7.46. The number of para-hydroxylation sites is 1.